The molecule has 0 saturated heterocycles. The molecule has 0 saturated carbocycles. The Labute approximate surface area is 182 Å². The second kappa shape index (κ2) is 8.00. The van der Waals surface area contributed by atoms with E-state index in [-0.39, 0.29) is 18.1 Å². The third-order valence-corrected chi connectivity index (χ3v) is 4.98. The molecule has 0 spiro atoms. The van der Waals surface area contributed by atoms with Gasteiger partial charge in [-0.1, -0.05) is 15.9 Å². The van der Waals surface area contributed by atoms with Crippen LogP contribution >= 0.6 is 15.9 Å². The number of ether oxygens (including phenoxy) is 1. The van der Waals surface area contributed by atoms with Crippen molar-refractivity contribution < 1.29 is 35.5 Å². The summed E-state index contributed by atoms with van der Waals surface area (Å²) in [6, 6.07) is 7.30. The molecule has 4 rings (SSSR count). The number of aromatic nitrogens is 4. The van der Waals surface area contributed by atoms with Crippen LogP contribution in [0.1, 0.15) is 11.1 Å². The quantitative estimate of drug-likeness (QED) is 0.317. The SMILES string of the molecule is FC(F)(F)Oc1ccc(NCc2cc3oc(-c4nn[nH]n4)cc3cc2Br)cc1C(F)(F)F. The highest BCUT2D eigenvalue weighted by Gasteiger charge is 2.39. The fourth-order valence-corrected chi connectivity index (χ4v) is 3.39. The molecule has 2 heterocycles. The Bertz CT molecular complexity index is 1250. The molecule has 0 fully saturated rings. The molecule has 0 aliphatic carbocycles. The van der Waals surface area contributed by atoms with Crippen LogP contribution in [0.5, 0.6) is 5.75 Å². The topological polar surface area (TPSA) is 88.9 Å². The number of halogens is 7. The van der Waals surface area contributed by atoms with E-state index in [9.17, 15) is 26.3 Å². The van der Waals surface area contributed by atoms with E-state index in [2.05, 4.69) is 46.6 Å². The number of anilines is 1. The van der Waals surface area contributed by atoms with E-state index in [1.165, 1.54) is 0 Å². The van der Waals surface area contributed by atoms with Crippen molar-refractivity contribution in [2.45, 2.75) is 19.1 Å². The van der Waals surface area contributed by atoms with E-state index in [0.717, 1.165) is 6.07 Å². The summed E-state index contributed by atoms with van der Waals surface area (Å²) < 4.78 is 86.7. The van der Waals surface area contributed by atoms with Gasteiger partial charge in [0.2, 0.25) is 5.82 Å². The molecule has 0 atom stereocenters. The van der Waals surface area contributed by atoms with Crippen molar-refractivity contribution in [3.05, 3.63) is 52.0 Å². The van der Waals surface area contributed by atoms with Crippen LogP contribution in [0.4, 0.5) is 32.0 Å². The first-order valence-electron chi connectivity index (χ1n) is 8.66. The largest absolute Gasteiger partial charge is 0.573 e. The fourth-order valence-electron chi connectivity index (χ4n) is 2.89. The number of H-pyrrole nitrogens is 1. The molecule has 32 heavy (non-hydrogen) atoms. The number of furan rings is 1. The summed E-state index contributed by atoms with van der Waals surface area (Å²) in [5.74, 6) is -0.721. The van der Waals surface area contributed by atoms with Crippen LogP contribution in [0.15, 0.2) is 45.3 Å². The van der Waals surface area contributed by atoms with Crippen molar-refractivity contribution in [2.24, 2.45) is 0 Å². The number of tetrazole rings is 1. The van der Waals surface area contributed by atoms with E-state index < -0.39 is 23.9 Å². The number of alkyl halides is 6. The molecule has 0 aliphatic heterocycles. The van der Waals surface area contributed by atoms with E-state index >= 15 is 0 Å². The molecular formula is C18H10BrF6N5O2. The second-order valence-electron chi connectivity index (χ2n) is 6.44. The van der Waals surface area contributed by atoms with Gasteiger partial charge < -0.3 is 14.5 Å². The Kier molecular flexibility index (Phi) is 5.48. The maximum atomic E-state index is 13.2. The first-order valence-corrected chi connectivity index (χ1v) is 9.45. The van der Waals surface area contributed by atoms with E-state index in [1.54, 1.807) is 18.2 Å². The normalized spacial score (nSPS) is 12.3. The van der Waals surface area contributed by atoms with E-state index in [4.69, 9.17) is 4.42 Å². The molecule has 14 heteroatoms. The van der Waals surface area contributed by atoms with Gasteiger partial charge in [0.05, 0.1) is 5.56 Å². The van der Waals surface area contributed by atoms with Crippen molar-refractivity contribution in [1.29, 1.82) is 0 Å². The Balaban J connectivity index is 1.58. The minimum atomic E-state index is -5.25. The zero-order valence-electron chi connectivity index (χ0n) is 15.5. The number of fused-ring (bicyclic) bond motifs is 1. The van der Waals surface area contributed by atoms with Crippen LogP contribution in [0, 0.1) is 0 Å². The molecule has 0 aliphatic rings. The summed E-state index contributed by atoms with van der Waals surface area (Å²) >= 11 is 3.38. The molecule has 168 valence electrons. The summed E-state index contributed by atoms with van der Waals surface area (Å²) in [6.45, 7) is 0.0472. The van der Waals surface area contributed by atoms with Crippen LogP contribution in [0.3, 0.4) is 0 Å². The van der Waals surface area contributed by atoms with Crippen molar-refractivity contribution in [3.8, 4) is 17.3 Å². The van der Waals surface area contributed by atoms with Gasteiger partial charge in [0.15, 0.2) is 5.76 Å². The standard InChI is InChI=1S/C18H10BrF6N5O2/c19-12-3-8-4-15(16-27-29-30-28-16)31-14(8)5-9(12)7-26-10-1-2-13(32-18(23,24)25)11(6-10)17(20,21)22/h1-6,26H,7H2,(H,27,28,29,30). The van der Waals surface area contributed by atoms with Crippen LogP contribution in [0.25, 0.3) is 22.6 Å². The fraction of sp³-hybridized carbons (Fsp3) is 0.167. The van der Waals surface area contributed by atoms with Crippen LogP contribution in [-0.4, -0.2) is 27.0 Å². The van der Waals surface area contributed by atoms with Gasteiger partial charge in [-0.3, -0.25) is 0 Å². The summed E-state index contributed by atoms with van der Waals surface area (Å²) in [5.41, 5.74) is -0.513. The average molecular weight is 522 g/mol. The average Bonchev–Trinajstić information content (AvgIpc) is 3.34. The lowest BCUT2D eigenvalue weighted by Crippen LogP contribution is -2.20. The van der Waals surface area contributed by atoms with Crippen molar-refractivity contribution in [2.75, 3.05) is 5.32 Å². The van der Waals surface area contributed by atoms with Gasteiger partial charge in [-0.2, -0.15) is 18.4 Å². The van der Waals surface area contributed by atoms with Crippen LogP contribution < -0.4 is 10.1 Å². The number of aromatic amines is 1. The van der Waals surface area contributed by atoms with Gasteiger partial charge in [-0.25, -0.2) is 0 Å². The highest BCUT2D eigenvalue weighted by Crippen LogP contribution is 2.40. The molecule has 0 unspecified atom stereocenters. The molecular weight excluding hydrogens is 512 g/mol. The number of nitrogens with one attached hydrogen (secondary N) is 2. The number of hydrogen-bond acceptors (Lipinski definition) is 6. The van der Waals surface area contributed by atoms with Gasteiger partial charge >= 0.3 is 12.5 Å². The molecule has 4 aromatic rings. The van der Waals surface area contributed by atoms with Gasteiger partial charge in [0, 0.05) is 22.1 Å². The molecule has 0 radical (unpaired) electrons. The lowest BCUT2D eigenvalue weighted by Gasteiger charge is -2.17. The van der Waals surface area contributed by atoms with Gasteiger partial charge in [0.25, 0.3) is 0 Å². The Morgan fingerprint density at radius 2 is 1.84 bits per heavy atom. The van der Waals surface area contributed by atoms with E-state index in [0.29, 0.717) is 38.9 Å². The monoisotopic (exact) mass is 521 g/mol. The van der Waals surface area contributed by atoms with Crippen molar-refractivity contribution in [3.63, 3.8) is 0 Å². The van der Waals surface area contributed by atoms with Gasteiger partial charge in [-0.05, 0) is 47.2 Å². The maximum absolute atomic E-state index is 13.2. The number of rotatable bonds is 5. The van der Waals surface area contributed by atoms with Crippen LogP contribution in [-0.2, 0) is 12.7 Å². The summed E-state index contributed by atoms with van der Waals surface area (Å²) in [7, 11) is 0. The number of nitrogens with zero attached hydrogens (tertiary/aromatic N) is 3. The predicted octanol–water partition coefficient (Wildman–Crippen LogP) is 5.90. The number of benzene rings is 2. The van der Waals surface area contributed by atoms with Crippen molar-refractivity contribution in [1.82, 2.24) is 20.6 Å². The van der Waals surface area contributed by atoms with Gasteiger partial charge in [0.1, 0.15) is 11.3 Å². The minimum absolute atomic E-state index is 0.0472. The lowest BCUT2D eigenvalue weighted by molar-refractivity contribution is -0.276. The summed E-state index contributed by atoms with van der Waals surface area (Å²) in [6.07, 6.45) is -10.3. The minimum Gasteiger partial charge on any atom is -0.453 e. The Morgan fingerprint density at radius 3 is 2.50 bits per heavy atom. The summed E-state index contributed by atoms with van der Waals surface area (Å²) in [4.78, 5) is 0. The van der Waals surface area contributed by atoms with Crippen LogP contribution in [0.2, 0.25) is 0 Å². The highest BCUT2D eigenvalue weighted by atomic mass is 79.9. The smallest absolute Gasteiger partial charge is 0.453 e. The zero-order chi connectivity index (χ0) is 23.1. The highest BCUT2D eigenvalue weighted by molar-refractivity contribution is 9.10. The molecule has 2 aromatic carbocycles. The van der Waals surface area contributed by atoms with Crippen molar-refractivity contribution >= 4 is 32.6 Å². The predicted molar refractivity (Wildman–Crippen MR) is 103 cm³/mol. The van der Waals surface area contributed by atoms with E-state index in [1.807, 2.05) is 0 Å². The molecule has 0 amide bonds. The first kappa shape index (κ1) is 21.9. The molecule has 2 aromatic heterocycles. The third-order valence-electron chi connectivity index (χ3n) is 4.24. The molecule has 2 N–H and O–H groups in total. The third kappa shape index (κ3) is 4.79. The maximum Gasteiger partial charge on any atom is 0.573 e. The lowest BCUT2D eigenvalue weighted by atomic mass is 10.1. The molecule has 0 bridgehead atoms. The first-order chi connectivity index (χ1) is 15.0. The summed E-state index contributed by atoms with van der Waals surface area (Å²) in [5, 5.41) is 16.9. The second-order valence-corrected chi connectivity index (χ2v) is 7.29. The zero-order valence-corrected chi connectivity index (χ0v) is 17.1. The number of hydrogen-bond donors (Lipinski definition) is 2. The molecule has 7 nitrogen and oxygen atoms in total. The Morgan fingerprint density at radius 1 is 1.06 bits per heavy atom. The van der Waals surface area contributed by atoms with Gasteiger partial charge in [-0.15, -0.1) is 23.4 Å². The Hall–Kier alpha value is -3.29.